The normalized spacial score (nSPS) is 16.2. The van der Waals surface area contributed by atoms with Crippen LogP contribution in [-0.4, -0.2) is 59.7 Å². The monoisotopic (exact) mass is 514 g/mol. The highest BCUT2D eigenvalue weighted by molar-refractivity contribution is 5.94. The predicted molar refractivity (Wildman–Crippen MR) is 138 cm³/mol. The molecular formula is C27H38N4O6. The van der Waals surface area contributed by atoms with Gasteiger partial charge in [0.1, 0.15) is 17.6 Å². The van der Waals surface area contributed by atoms with Crippen LogP contribution in [0.2, 0.25) is 0 Å². The van der Waals surface area contributed by atoms with Gasteiger partial charge in [0.05, 0.1) is 13.2 Å². The second-order valence-electron chi connectivity index (χ2n) is 9.95. The number of nitrogens with one attached hydrogen (secondary N) is 2. The average Bonchev–Trinajstić information content (AvgIpc) is 3.53. The van der Waals surface area contributed by atoms with Gasteiger partial charge in [-0.05, 0) is 57.7 Å². The van der Waals surface area contributed by atoms with E-state index in [0.29, 0.717) is 29.5 Å². The summed E-state index contributed by atoms with van der Waals surface area (Å²) in [5.41, 5.74) is 0.190. The molecule has 1 aromatic carbocycles. The lowest BCUT2D eigenvalue weighted by Crippen LogP contribution is -2.51. The van der Waals surface area contributed by atoms with Crippen LogP contribution in [0.25, 0.3) is 0 Å². The SMILES string of the molecule is CCC(C)(C)NC(=O)[C@H](c1ccc(OC)cc1)N(C[C@H]1CCCO1)C(=O)CCC(=O)Nc1cc(C)on1. The molecule has 0 saturated carbocycles. The molecule has 1 aliphatic rings. The molecular weight excluding hydrogens is 476 g/mol. The minimum Gasteiger partial charge on any atom is -0.497 e. The molecule has 10 nitrogen and oxygen atoms in total. The summed E-state index contributed by atoms with van der Waals surface area (Å²) < 4.78 is 16.1. The summed E-state index contributed by atoms with van der Waals surface area (Å²) >= 11 is 0. The summed E-state index contributed by atoms with van der Waals surface area (Å²) in [4.78, 5) is 41.4. The quantitative estimate of drug-likeness (QED) is 0.442. The summed E-state index contributed by atoms with van der Waals surface area (Å²) in [6, 6.07) is 7.82. The molecule has 1 aliphatic heterocycles. The molecule has 1 fully saturated rings. The van der Waals surface area contributed by atoms with Crippen molar-refractivity contribution in [1.29, 1.82) is 0 Å². The van der Waals surface area contributed by atoms with Crippen molar-refractivity contribution in [3.05, 3.63) is 41.7 Å². The molecule has 2 atom stereocenters. The molecule has 0 bridgehead atoms. The van der Waals surface area contributed by atoms with Crippen LogP contribution < -0.4 is 15.4 Å². The standard InChI is InChI=1S/C27H38N4O6/c1-6-27(3,4)29-26(34)25(19-9-11-20(35-5)12-10-19)31(17-21-8-7-15-36-21)24(33)14-13-23(32)28-22-16-18(2)37-30-22/h9-12,16,21,25H,6-8,13-15,17H2,1-5H3,(H,29,34)(H,28,30,32)/t21-,25+/m1/s1. The van der Waals surface area contributed by atoms with Crippen molar-refractivity contribution in [3.63, 3.8) is 0 Å². The molecule has 2 aromatic rings. The van der Waals surface area contributed by atoms with E-state index in [9.17, 15) is 14.4 Å². The maximum Gasteiger partial charge on any atom is 0.247 e. The van der Waals surface area contributed by atoms with Crippen LogP contribution in [0.4, 0.5) is 5.82 Å². The lowest BCUT2D eigenvalue weighted by molar-refractivity contribution is -0.143. The Morgan fingerprint density at radius 2 is 1.95 bits per heavy atom. The largest absolute Gasteiger partial charge is 0.497 e. The maximum atomic E-state index is 13.7. The van der Waals surface area contributed by atoms with Crippen LogP contribution in [-0.2, 0) is 19.1 Å². The third kappa shape index (κ3) is 8.04. The Bertz CT molecular complexity index is 1060. The minimum atomic E-state index is -0.894. The zero-order valence-corrected chi connectivity index (χ0v) is 22.3. The Labute approximate surface area is 218 Å². The van der Waals surface area contributed by atoms with E-state index in [4.69, 9.17) is 14.0 Å². The van der Waals surface area contributed by atoms with Gasteiger partial charge in [-0.1, -0.05) is 24.2 Å². The number of anilines is 1. The highest BCUT2D eigenvalue weighted by Crippen LogP contribution is 2.28. The Balaban J connectivity index is 1.85. The summed E-state index contributed by atoms with van der Waals surface area (Å²) in [7, 11) is 1.57. The van der Waals surface area contributed by atoms with Gasteiger partial charge in [-0.2, -0.15) is 0 Å². The summed E-state index contributed by atoms with van der Waals surface area (Å²) in [5.74, 6) is 0.545. The van der Waals surface area contributed by atoms with Crippen LogP contribution in [0.5, 0.6) is 5.75 Å². The Hall–Kier alpha value is -3.40. The van der Waals surface area contributed by atoms with Crippen molar-refractivity contribution in [1.82, 2.24) is 15.4 Å². The van der Waals surface area contributed by atoms with Gasteiger partial charge in [0.2, 0.25) is 17.7 Å². The highest BCUT2D eigenvalue weighted by Gasteiger charge is 2.36. The lowest BCUT2D eigenvalue weighted by Gasteiger charge is -2.35. The van der Waals surface area contributed by atoms with E-state index in [-0.39, 0.29) is 43.2 Å². The molecule has 1 aromatic heterocycles. The van der Waals surface area contributed by atoms with E-state index in [2.05, 4.69) is 15.8 Å². The zero-order valence-electron chi connectivity index (χ0n) is 22.3. The third-order valence-electron chi connectivity index (χ3n) is 6.54. The van der Waals surface area contributed by atoms with E-state index in [1.54, 1.807) is 49.3 Å². The molecule has 1 saturated heterocycles. The number of hydrogen-bond acceptors (Lipinski definition) is 7. The summed E-state index contributed by atoms with van der Waals surface area (Å²) in [6.07, 6.45) is 2.09. The maximum absolute atomic E-state index is 13.7. The van der Waals surface area contributed by atoms with E-state index < -0.39 is 11.6 Å². The number of hydrogen-bond donors (Lipinski definition) is 2. The number of methoxy groups -OCH3 is 1. The molecule has 2 heterocycles. The first-order valence-electron chi connectivity index (χ1n) is 12.7. The predicted octanol–water partition coefficient (Wildman–Crippen LogP) is 3.76. The van der Waals surface area contributed by atoms with Crippen molar-refractivity contribution in [2.24, 2.45) is 0 Å². The fourth-order valence-corrected chi connectivity index (χ4v) is 4.10. The van der Waals surface area contributed by atoms with Crippen LogP contribution in [0.1, 0.15) is 70.2 Å². The Kier molecular flexibility index (Phi) is 9.68. The van der Waals surface area contributed by atoms with Crippen molar-refractivity contribution in [2.75, 3.05) is 25.6 Å². The second-order valence-corrected chi connectivity index (χ2v) is 9.95. The molecule has 2 N–H and O–H groups in total. The zero-order chi connectivity index (χ0) is 27.0. The second kappa shape index (κ2) is 12.7. The number of aromatic nitrogens is 1. The van der Waals surface area contributed by atoms with Gasteiger partial charge in [-0.3, -0.25) is 14.4 Å². The number of nitrogens with zero attached hydrogens (tertiary/aromatic N) is 2. The van der Waals surface area contributed by atoms with E-state index in [1.165, 1.54) is 0 Å². The molecule has 37 heavy (non-hydrogen) atoms. The van der Waals surface area contributed by atoms with E-state index >= 15 is 0 Å². The van der Waals surface area contributed by atoms with Crippen molar-refractivity contribution in [2.45, 2.75) is 77.5 Å². The van der Waals surface area contributed by atoms with Gasteiger partial charge in [0, 0.05) is 37.6 Å². The minimum absolute atomic E-state index is 0.0653. The van der Waals surface area contributed by atoms with Gasteiger partial charge >= 0.3 is 0 Å². The molecule has 3 amide bonds. The number of amides is 3. The third-order valence-corrected chi connectivity index (χ3v) is 6.54. The summed E-state index contributed by atoms with van der Waals surface area (Å²) in [5, 5.41) is 9.47. The van der Waals surface area contributed by atoms with Crippen molar-refractivity contribution >= 4 is 23.5 Å². The van der Waals surface area contributed by atoms with Gasteiger partial charge < -0.3 is 29.5 Å². The first-order chi connectivity index (χ1) is 17.6. The van der Waals surface area contributed by atoms with Crippen LogP contribution in [0, 0.1) is 6.92 Å². The molecule has 3 rings (SSSR count). The lowest BCUT2D eigenvalue weighted by atomic mass is 9.98. The number of carbonyl (C=O) groups excluding carboxylic acids is 3. The fraction of sp³-hybridized carbons (Fsp3) is 0.556. The molecule has 10 heteroatoms. The molecule has 0 spiro atoms. The van der Waals surface area contributed by atoms with Crippen molar-refractivity contribution in [3.8, 4) is 5.75 Å². The van der Waals surface area contributed by atoms with Crippen LogP contribution in [0.3, 0.4) is 0 Å². The number of carbonyl (C=O) groups is 3. The van der Waals surface area contributed by atoms with Crippen LogP contribution in [0.15, 0.2) is 34.9 Å². The molecule has 0 unspecified atom stereocenters. The molecule has 0 aliphatic carbocycles. The topological polar surface area (TPSA) is 123 Å². The Morgan fingerprint density at radius 1 is 1.22 bits per heavy atom. The first kappa shape index (κ1) is 28.2. The fourth-order valence-electron chi connectivity index (χ4n) is 4.10. The van der Waals surface area contributed by atoms with Gasteiger partial charge in [0.25, 0.3) is 0 Å². The number of ether oxygens (including phenoxy) is 2. The molecule has 0 radical (unpaired) electrons. The van der Waals surface area contributed by atoms with Crippen molar-refractivity contribution < 1.29 is 28.4 Å². The van der Waals surface area contributed by atoms with E-state index in [0.717, 1.165) is 19.3 Å². The van der Waals surface area contributed by atoms with Gasteiger partial charge in [-0.25, -0.2) is 0 Å². The first-order valence-corrected chi connectivity index (χ1v) is 12.7. The van der Waals surface area contributed by atoms with Gasteiger partial charge in [-0.15, -0.1) is 0 Å². The van der Waals surface area contributed by atoms with Gasteiger partial charge in [0.15, 0.2) is 5.82 Å². The smallest absolute Gasteiger partial charge is 0.247 e. The highest BCUT2D eigenvalue weighted by atomic mass is 16.5. The Morgan fingerprint density at radius 3 is 2.51 bits per heavy atom. The van der Waals surface area contributed by atoms with E-state index in [1.807, 2.05) is 20.8 Å². The summed E-state index contributed by atoms with van der Waals surface area (Å²) in [6.45, 7) is 8.47. The number of aryl methyl sites for hydroxylation is 1. The number of rotatable bonds is 12. The average molecular weight is 515 g/mol. The molecule has 202 valence electrons. The number of benzene rings is 1. The van der Waals surface area contributed by atoms with Crippen LogP contribution >= 0.6 is 0 Å².